The summed E-state index contributed by atoms with van der Waals surface area (Å²) in [6.07, 6.45) is 1.69. The van der Waals surface area contributed by atoms with Crippen LogP contribution in [0.4, 0.5) is 4.79 Å². The van der Waals surface area contributed by atoms with Crippen LogP contribution in [0.25, 0.3) is 0 Å². The summed E-state index contributed by atoms with van der Waals surface area (Å²) in [7, 11) is 1.56. The molecular weight excluding hydrogens is 190 g/mol. The number of carbonyl (C=O) groups excluding carboxylic acids is 1. The van der Waals surface area contributed by atoms with Gasteiger partial charge in [-0.1, -0.05) is 19.1 Å². The van der Waals surface area contributed by atoms with Crippen molar-refractivity contribution in [3.63, 3.8) is 0 Å². The van der Waals surface area contributed by atoms with Crippen molar-refractivity contribution in [2.45, 2.75) is 19.8 Å². The van der Waals surface area contributed by atoms with E-state index in [1.807, 2.05) is 12.1 Å². The van der Waals surface area contributed by atoms with Gasteiger partial charge in [0.1, 0.15) is 5.75 Å². The number of fused-ring (bicyclic) bond motifs is 1. The van der Waals surface area contributed by atoms with Crippen molar-refractivity contribution in [2.75, 3.05) is 7.05 Å². The van der Waals surface area contributed by atoms with Crippen LogP contribution in [0.1, 0.15) is 18.1 Å². The molecule has 0 saturated heterocycles. The Labute approximate surface area is 89.4 Å². The molecule has 1 aromatic rings. The van der Waals surface area contributed by atoms with E-state index in [0.29, 0.717) is 11.7 Å². The zero-order chi connectivity index (χ0) is 10.8. The molecule has 2 rings (SSSR count). The van der Waals surface area contributed by atoms with Gasteiger partial charge in [0.2, 0.25) is 0 Å². The highest BCUT2D eigenvalue weighted by atomic mass is 16.6. The maximum atomic E-state index is 11.1. The van der Waals surface area contributed by atoms with Crippen molar-refractivity contribution in [3.05, 3.63) is 29.3 Å². The Morgan fingerprint density at radius 3 is 3.00 bits per heavy atom. The third-order valence-corrected chi connectivity index (χ3v) is 2.76. The van der Waals surface area contributed by atoms with Crippen LogP contribution in [0.5, 0.6) is 5.75 Å². The summed E-state index contributed by atoms with van der Waals surface area (Å²) in [5.41, 5.74) is 2.50. The van der Waals surface area contributed by atoms with Gasteiger partial charge >= 0.3 is 6.09 Å². The SMILES string of the molecule is CNC(=O)Oc1cccc2c1CC(C)C2. The summed E-state index contributed by atoms with van der Waals surface area (Å²) in [4.78, 5) is 11.1. The maximum absolute atomic E-state index is 11.1. The monoisotopic (exact) mass is 205 g/mol. The number of carbonyl (C=O) groups is 1. The van der Waals surface area contributed by atoms with Crippen molar-refractivity contribution >= 4 is 6.09 Å². The first-order valence-corrected chi connectivity index (χ1v) is 5.21. The zero-order valence-electron chi connectivity index (χ0n) is 9.04. The van der Waals surface area contributed by atoms with Gasteiger partial charge in [-0.15, -0.1) is 0 Å². The largest absolute Gasteiger partial charge is 0.412 e. The van der Waals surface area contributed by atoms with Crippen LogP contribution in [0, 0.1) is 5.92 Å². The molecule has 80 valence electrons. The summed E-state index contributed by atoms with van der Waals surface area (Å²) in [6, 6.07) is 5.90. The molecule has 1 aromatic carbocycles. The fourth-order valence-corrected chi connectivity index (χ4v) is 2.08. The molecule has 0 bridgehead atoms. The van der Waals surface area contributed by atoms with Gasteiger partial charge in [0.15, 0.2) is 0 Å². The lowest BCUT2D eigenvalue weighted by Gasteiger charge is -2.08. The molecule has 0 aromatic heterocycles. The number of hydrogen-bond acceptors (Lipinski definition) is 2. The molecule has 1 aliphatic rings. The van der Waals surface area contributed by atoms with Crippen LogP contribution < -0.4 is 10.1 Å². The van der Waals surface area contributed by atoms with Gasteiger partial charge < -0.3 is 10.1 Å². The molecule has 0 saturated carbocycles. The Morgan fingerprint density at radius 2 is 2.27 bits per heavy atom. The van der Waals surface area contributed by atoms with Crippen molar-refractivity contribution in [1.29, 1.82) is 0 Å². The fraction of sp³-hybridized carbons (Fsp3) is 0.417. The highest BCUT2D eigenvalue weighted by Gasteiger charge is 2.21. The predicted octanol–water partition coefficient (Wildman–Crippen LogP) is 2.14. The molecule has 1 amide bonds. The van der Waals surface area contributed by atoms with Gasteiger partial charge in [-0.2, -0.15) is 0 Å². The first kappa shape index (κ1) is 10.0. The van der Waals surface area contributed by atoms with E-state index >= 15 is 0 Å². The Bertz CT molecular complexity index is 387. The summed E-state index contributed by atoms with van der Waals surface area (Å²) in [6.45, 7) is 2.21. The minimum absolute atomic E-state index is 0.400. The van der Waals surface area contributed by atoms with Crippen LogP contribution in [0.3, 0.4) is 0 Å². The van der Waals surface area contributed by atoms with Gasteiger partial charge in [0.25, 0.3) is 0 Å². The van der Waals surface area contributed by atoms with E-state index in [2.05, 4.69) is 18.3 Å². The molecule has 15 heavy (non-hydrogen) atoms. The van der Waals surface area contributed by atoms with Crippen LogP contribution in [-0.2, 0) is 12.8 Å². The lowest BCUT2D eigenvalue weighted by molar-refractivity contribution is 0.202. The average Bonchev–Trinajstić information content (AvgIpc) is 2.59. The van der Waals surface area contributed by atoms with Crippen molar-refractivity contribution in [2.24, 2.45) is 5.92 Å². The highest BCUT2D eigenvalue weighted by molar-refractivity contribution is 5.70. The summed E-state index contributed by atoms with van der Waals surface area (Å²) in [5.74, 6) is 1.35. The third kappa shape index (κ3) is 1.96. The van der Waals surface area contributed by atoms with E-state index < -0.39 is 6.09 Å². The summed E-state index contributed by atoms with van der Waals surface area (Å²) >= 11 is 0. The second-order valence-corrected chi connectivity index (χ2v) is 4.05. The molecule has 0 fully saturated rings. The third-order valence-electron chi connectivity index (χ3n) is 2.76. The molecular formula is C12H15NO2. The van der Waals surface area contributed by atoms with Gasteiger partial charge in [0, 0.05) is 7.05 Å². The van der Waals surface area contributed by atoms with E-state index in [0.717, 1.165) is 12.8 Å². The second kappa shape index (κ2) is 3.93. The molecule has 3 heteroatoms. The second-order valence-electron chi connectivity index (χ2n) is 4.05. The Morgan fingerprint density at radius 1 is 1.47 bits per heavy atom. The van der Waals surface area contributed by atoms with Crippen LogP contribution >= 0.6 is 0 Å². The number of amides is 1. The minimum atomic E-state index is -0.400. The zero-order valence-corrected chi connectivity index (χ0v) is 9.04. The molecule has 1 N–H and O–H groups in total. The van der Waals surface area contributed by atoms with E-state index in [9.17, 15) is 4.79 Å². The maximum Gasteiger partial charge on any atom is 0.412 e. The summed E-state index contributed by atoms with van der Waals surface area (Å²) in [5, 5.41) is 2.45. The lowest BCUT2D eigenvalue weighted by atomic mass is 10.1. The van der Waals surface area contributed by atoms with Gasteiger partial charge in [-0.25, -0.2) is 4.79 Å². The number of ether oxygens (including phenoxy) is 1. The molecule has 1 atom stereocenters. The predicted molar refractivity (Wildman–Crippen MR) is 58.1 cm³/mol. The number of hydrogen-bond donors (Lipinski definition) is 1. The number of rotatable bonds is 1. The minimum Gasteiger partial charge on any atom is -0.410 e. The van der Waals surface area contributed by atoms with Gasteiger partial charge in [-0.3, -0.25) is 0 Å². The average molecular weight is 205 g/mol. The van der Waals surface area contributed by atoms with Gasteiger partial charge in [0.05, 0.1) is 0 Å². The van der Waals surface area contributed by atoms with E-state index in [-0.39, 0.29) is 0 Å². The highest BCUT2D eigenvalue weighted by Crippen LogP contribution is 2.33. The molecule has 1 aliphatic carbocycles. The van der Waals surface area contributed by atoms with E-state index in [1.54, 1.807) is 7.05 Å². The van der Waals surface area contributed by atoms with Crippen LogP contribution in [0.2, 0.25) is 0 Å². The molecule has 0 radical (unpaired) electrons. The van der Waals surface area contributed by atoms with Crippen molar-refractivity contribution in [3.8, 4) is 5.75 Å². The fourth-order valence-electron chi connectivity index (χ4n) is 2.08. The van der Waals surface area contributed by atoms with E-state index in [4.69, 9.17) is 4.74 Å². The Balaban J connectivity index is 2.26. The topological polar surface area (TPSA) is 38.3 Å². The molecule has 1 unspecified atom stereocenters. The summed E-state index contributed by atoms with van der Waals surface area (Å²) < 4.78 is 5.20. The first-order valence-electron chi connectivity index (χ1n) is 5.21. The standard InChI is InChI=1S/C12H15NO2/c1-8-6-9-4-3-5-11(10(9)7-8)15-12(14)13-2/h3-5,8H,6-7H2,1-2H3,(H,13,14). The van der Waals surface area contributed by atoms with Crippen molar-refractivity contribution < 1.29 is 9.53 Å². The van der Waals surface area contributed by atoms with Crippen LogP contribution in [-0.4, -0.2) is 13.1 Å². The number of nitrogens with one attached hydrogen (secondary N) is 1. The number of benzene rings is 1. The van der Waals surface area contributed by atoms with Crippen molar-refractivity contribution in [1.82, 2.24) is 5.32 Å². The van der Waals surface area contributed by atoms with Gasteiger partial charge in [-0.05, 0) is 36.0 Å². The Kier molecular flexibility index (Phi) is 2.62. The molecule has 3 nitrogen and oxygen atoms in total. The Hall–Kier alpha value is -1.51. The smallest absolute Gasteiger partial charge is 0.410 e. The normalized spacial score (nSPS) is 18.4. The lowest BCUT2D eigenvalue weighted by Crippen LogP contribution is -2.22. The quantitative estimate of drug-likeness (QED) is 0.762. The molecule has 0 spiro atoms. The van der Waals surface area contributed by atoms with Crippen LogP contribution in [0.15, 0.2) is 18.2 Å². The molecule has 0 aliphatic heterocycles. The molecule has 0 heterocycles. The first-order chi connectivity index (χ1) is 7.20. The van der Waals surface area contributed by atoms with E-state index in [1.165, 1.54) is 11.1 Å².